The molecule has 3 fully saturated rings. The molecular formula is C39H44BrN9O3. The van der Waals surface area contributed by atoms with Crippen molar-refractivity contribution in [1.29, 1.82) is 0 Å². The lowest BCUT2D eigenvalue weighted by Crippen LogP contribution is -2.53. The van der Waals surface area contributed by atoms with Crippen molar-refractivity contribution < 1.29 is 14.3 Å². The molecule has 3 aliphatic heterocycles. The summed E-state index contributed by atoms with van der Waals surface area (Å²) in [6, 6.07) is 17.2. The molecule has 2 N–H and O–H groups in total. The molecule has 0 unspecified atom stereocenters. The second kappa shape index (κ2) is 14.3. The van der Waals surface area contributed by atoms with Crippen molar-refractivity contribution in [3.05, 3.63) is 76.7 Å². The van der Waals surface area contributed by atoms with E-state index in [0.717, 1.165) is 71.8 Å². The van der Waals surface area contributed by atoms with Crippen LogP contribution in [0.5, 0.6) is 11.5 Å². The summed E-state index contributed by atoms with van der Waals surface area (Å²) in [5.41, 5.74) is 6.54. The van der Waals surface area contributed by atoms with Gasteiger partial charge in [0.1, 0.15) is 17.1 Å². The van der Waals surface area contributed by atoms with Gasteiger partial charge >= 0.3 is 0 Å². The first-order valence-corrected chi connectivity index (χ1v) is 19.0. The zero-order chi connectivity index (χ0) is 35.9. The van der Waals surface area contributed by atoms with Gasteiger partial charge in [-0.05, 0) is 96.9 Å². The van der Waals surface area contributed by atoms with Crippen LogP contribution in [0.2, 0.25) is 0 Å². The fourth-order valence-corrected chi connectivity index (χ4v) is 8.43. The molecule has 12 nitrogen and oxygen atoms in total. The number of nitrogens with zero attached hydrogens (tertiary/aromatic N) is 7. The summed E-state index contributed by atoms with van der Waals surface area (Å²) in [5.74, 6) is 2.20. The van der Waals surface area contributed by atoms with Crippen molar-refractivity contribution in [3.8, 4) is 22.9 Å². The zero-order valence-corrected chi connectivity index (χ0v) is 31.4. The summed E-state index contributed by atoms with van der Waals surface area (Å²) < 4.78 is 8.95. The number of rotatable bonds is 8. The third-order valence-electron chi connectivity index (χ3n) is 10.8. The molecule has 52 heavy (non-hydrogen) atoms. The van der Waals surface area contributed by atoms with E-state index in [-0.39, 0.29) is 17.7 Å². The molecular weight excluding hydrogens is 722 g/mol. The summed E-state index contributed by atoms with van der Waals surface area (Å²) >= 11 is 3.63. The van der Waals surface area contributed by atoms with Crippen molar-refractivity contribution in [2.75, 3.05) is 49.1 Å². The van der Waals surface area contributed by atoms with Crippen LogP contribution in [0.1, 0.15) is 49.8 Å². The summed E-state index contributed by atoms with van der Waals surface area (Å²) in [7, 11) is 1.90. The highest BCUT2D eigenvalue weighted by molar-refractivity contribution is 9.10. The highest BCUT2D eigenvalue weighted by atomic mass is 79.9. The lowest BCUT2D eigenvalue weighted by Gasteiger charge is -2.43. The Morgan fingerprint density at radius 1 is 0.962 bits per heavy atom. The monoisotopic (exact) mass is 765 g/mol. The first-order chi connectivity index (χ1) is 25.2. The molecule has 2 amide bonds. The van der Waals surface area contributed by atoms with Crippen molar-refractivity contribution in [2.24, 2.45) is 13.0 Å². The molecule has 0 bridgehead atoms. The highest BCUT2D eigenvalue weighted by Crippen LogP contribution is 2.37. The lowest BCUT2D eigenvalue weighted by atomic mass is 9.90. The predicted octanol–water partition coefficient (Wildman–Crippen LogP) is 6.17. The van der Waals surface area contributed by atoms with Gasteiger partial charge in [-0.2, -0.15) is 5.10 Å². The molecule has 0 radical (unpaired) electrons. The van der Waals surface area contributed by atoms with Crippen molar-refractivity contribution in [2.45, 2.75) is 51.5 Å². The minimum Gasteiger partial charge on any atom is -0.454 e. The van der Waals surface area contributed by atoms with E-state index in [9.17, 15) is 9.59 Å². The molecule has 5 aromatic rings. The minimum atomic E-state index is -0.235. The number of piperazine rings is 1. The summed E-state index contributed by atoms with van der Waals surface area (Å²) in [6.07, 6.45) is 7.01. The molecule has 3 saturated heterocycles. The van der Waals surface area contributed by atoms with E-state index >= 15 is 0 Å². The van der Waals surface area contributed by atoms with E-state index in [1.165, 1.54) is 24.2 Å². The number of imidazole rings is 1. The number of aryl methyl sites for hydroxylation is 2. The smallest absolute Gasteiger partial charge is 0.234 e. The number of benzene rings is 2. The Balaban J connectivity index is 0.836. The van der Waals surface area contributed by atoms with Gasteiger partial charge in [-0.1, -0.05) is 12.1 Å². The van der Waals surface area contributed by atoms with Crippen LogP contribution >= 0.6 is 15.9 Å². The number of carbonyl (C=O) groups is 2. The largest absolute Gasteiger partial charge is 0.454 e. The van der Waals surface area contributed by atoms with Crippen LogP contribution in [-0.4, -0.2) is 86.8 Å². The molecule has 0 spiro atoms. The van der Waals surface area contributed by atoms with E-state index in [1.54, 1.807) is 10.9 Å². The van der Waals surface area contributed by atoms with Gasteiger partial charge in [0.15, 0.2) is 11.4 Å². The van der Waals surface area contributed by atoms with Crippen molar-refractivity contribution in [3.63, 3.8) is 0 Å². The number of hydrogen-bond acceptors (Lipinski definition) is 9. The number of ether oxygens (including phenoxy) is 1. The third-order valence-corrected chi connectivity index (χ3v) is 11.4. The average molecular weight is 767 g/mol. The fourth-order valence-electron chi connectivity index (χ4n) is 8.04. The zero-order valence-electron chi connectivity index (χ0n) is 29.8. The van der Waals surface area contributed by atoms with E-state index in [1.807, 2.05) is 32.3 Å². The Hall–Kier alpha value is -4.75. The maximum Gasteiger partial charge on any atom is 0.234 e. The molecule has 6 heterocycles. The number of imide groups is 1. The lowest BCUT2D eigenvalue weighted by molar-refractivity contribution is -0.134. The first kappa shape index (κ1) is 34.3. The van der Waals surface area contributed by atoms with Gasteiger partial charge in [0.05, 0.1) is 21.6 Å². The summed E-state index contributed by atoms with van der Waals surface area (Å²) in [5, 5.41) is 6.92. The average Bonchev–Trinajstić information content (AvgIpc) is 3.72. The Morgan fingerprint density at radius 3 is 2.40 bits per heavy atom. The fraction of sp³-hybridized carbons (Fsp3) is 0.410. The molecule has 3 aromatic heterocycles. The number of aromatic nitrogens is 5. The Bertz CT molecular complexity index is 2090. The van der Waals surface area contributed by atoms with Gasteiger partial charge in [0, 0.05) is 82.5 Å². The Labute approximate surface area is 311 Å². The second-order valence-electron chi connectivity index (χ2n) is 14.4. The van der Waals surface area contributed by atoms with Gasteiger partial charge in [-0.25, -0.2) is 9.97 Å². The number of aromatic amines is 1. The van der Waals surface area contributed by atoms with E-state index in [0.29, 0.717) is 42.0 Å². The number of halogens is 1. The van der Waals surface area contributed by atoms with E-state index in [4.69, 9.17) is 9.72 Å². The molecule has 2 aromatic carbocycles. The first-order valence-electron chi connectivity index (χ1n) is 18.2. The normalized spacial score (nSPS) is 20.5. The van der Waals surface area contributed by atoms with Crippen LogP contribution < -0.4 is 19.9 Å². The predicted molar refractivity (Wildman–Crippen MR) is 205 cm³/mol. The van der Waals surface area contributed by atoms with Crippen LogP contribution in [0.15, 0.2) is 65.4 Å². The number of anilines is 2. The van der Waals surface area contributed by atoms with Crippen LogP contribution in [0.3, 0.4) is 0 Å². The summed E-state index contributed by atoms with van der Waals surface area (Å²) in [4.78, 5) is 44.0. The Kier molecular flexibility index (Phi) is 9.47. The SMILES string of the molecule is Cc1nn(C)cc1-c1nc2ncc(Br)c(Oc3ccc(N4CCN(CC5CCN(c6ccc([C@@H]7CCC(=O)NC7=O)cc6)CC5)C[C@@H]4C)cc3)c2[nH]1. The molecule has 2 atom stereocenters. The van der Waals surface area contributed by atoms with Gasteiger partial charge in [-0.15, -0.1) is 0 Å². The van der Waals surface area contributed by atoms with Crippen LogP contribution in [0.4, 0.5) is 11.4 Å². The number of amides is 2. The number of fused-ring (bicyclic) bond motifs is 1. The molecule has 0 saturated carbocycles. The van der Waals surface area contributed by atoms with Crippen LogP contribution in [-0.2, 0) is 16.6 Å². The second-order valence-corrected chi connectivity index (χ2v) is 15.3. The maximum absolute atomic E-state index is 12.3. The summed E-state index contributed by atoms with van der Waals surface area (Å²) in [6.45, 7) is 10.6. The quantitative estimate of drug-likeness (QED) is 0.179. The van der Waals surface area contributed by atoms with Gasteiger partial charge in [0.25, 0.3) is 0 Å². The third kappa shape index (κ3) is 7.03. The van der Waals surface area contributed by atoms with Gasteiger partial charge in [0.2, 0.25) is 11.8 Å². The van der Waals surface area contributed by atoms with Gasteiger partial charge < -0.3 is 19.5 Å². The molecule has 3 aliphatic rings. The highest BCUT2D eigenvalue weighted by Gasteiger charge is 2.30. The number of nitrogens with one attached hydrogen (secondary N) is 2. The van der Waals surface area contributed by atoms with E-state index < -0.39 is 0 Å². The minimum absolute atomic E-state index is 0.173. The number of H-pyrrole nitrogens is 1. The number of carbonyl (C=O) groups excluding carboxylic acids is 2. The number of pyridine rings is 1. The molecule has 8 rings (SSSR count). The van der Waals surface area contributed by atoms with Crippen LogP contribution in [0, 0.1) is 12.8 Å². The number of piperidine rings is 2. The maximum atomic E-state index is 12.3. The van der Waals surface area contributed by atoms with Gasteiger partial charge in [-0.3, -0.25) is 24.5 Å². The standard InChI is InChI=1S/C39H44BrN9O3/c1-24-21-47(22-26-14-16-48(17-15-26)28-6-4-27(5-7-28)31-12-13-34(50)42-39(31)51)18-19-49(24)29-8-10-30(11-9-29)52-36-33(40)20-41-38-35(36)43-37(44-38)32-23-46(3)45-25(32)2/h4-11,20,23-24,26,31H,12-19,21-22H2,1-3H3,(H,41,43,44)(H,42,50,51)/t24-,31-/m0/s1. The Morgan fingerprint density at radius 2 is 1.71 bits per heavy atom. The van der Waals surface area contributed by atoms with E-state index in [2.05, 4.69) is 94.3 Å². The topological polar surface area (TPSA) is 125 Å². The molecule has 270 valence electrons. The molecule has 13 heteroatoms. The number of hydrogen-bond donors (Lipinski definition) is 2. The van der Waals surface area contributed by atoms with Crippen molar-refractivity contribution in [1.82, 2.24) is 34.9 Å². The van der Waals surface area contributed by atoms with Crippen molar-refractivity contribution >= 4 is 50.3 Å². The molecule has 0 aliphatic carbocycles. The van der Waals surface area contributed by atoms with Crippen LogP contribution in [0.25, 0.3) is 22.6 Å².